The summed E-state index contributed by atoms with van der Waals surface area (Å²) in [5, 5.41) is 10.4. The van der Waals surface area contributed by atoms with Crippen molar-refractivity contribution in [3.63, 3.8) is 0 Å². The van der Waals surface area contributed by atoms with Gasteiger partial charge in [0.25, 0.3) is 5.91 Å². The molecule has 22 heavy (non-hydrogen) atoms. The number of rotatable bonds is 4. The third-order valence-corrected chi connectivity index (χ3v) is 3.63. The average Bonchev–Trinajstić information content (AvgIpc) is 2.48. The van der Waals surface area contributed by atoms with Gasteiger partial charge in [0.05, 0.1) is 6.61 Å². The van der Waals surface area contributed by atoms with Crippen LogP contribution in [-0.4, -0.2) is 40.9 Å². The van der Waals surface area contributed by atoms with Crippen LogP contribution in [0.2, 0.25) is 0 Å². The van der Waals surface area contributed by atoms with Crippen molar-refractivity contribution < 1.29 is 19.4 Å². The molecule has 1 aromatic carbocycles. The molecule has 1 fully saturated rings. The number of ether oxygens (including phenoxy) is 1. The Kier molecular flexibility index (Phi) is 4.85. The molecule has 0 aromatic heterocycles. The van der Waals surface area contributed by atoms with Crippen LogP contribution in [-0.2, 0) is 9.59 Å². The lowest BCUT2D eigenvalue weighted by atomic mass is 9.97. The van der Waals surface area contributed by atoms with Crippen LogP contribution in [0.25, 0.3) is 5.76 Å². The predicted octanol–water partition coefficient (Wildman–Crippen LogP) is 2.56. The number of benzene rings is 1. The zero-order valence-electron chi connectivity index (χ0n) is 13.1. The number of piperidine rings is 1. The number of amides is 1. The number of aliphatic hydroxyl groups is 1. The third-order valence-electron chi connectivity index (χ3n) is 3.63. The number of aliphatic hydroxyl groups excluding tert-OH is 1. The number of hydrogen-bond donors (Lipinski definition) is 1. The highest BCUT2D eigenvalue weighted by Gasteiger charge is 2.34. The van der Waals surface area contributed by atoms with Crippen LogP contribution in [0, 0.1) is 0 Å². The van der Waals surface area contributed by atoms with Crippen molar-refractivity contribution in [1.29, 1.82) is 0 Å². The highest BCUT2D eigenvalue weighted by molar-refractivity contribution is 6.25. The Labute approximate surface area is 130 Å². The lowest BCUT2D eigenvalue weighted by molar-refractivity contribution is -0.134. The number of hydrogen-bond acceptors (Lipinski definition) is 4. The van der Waals surface area contributed by atoms with Gasteiger partial charge in [-0.2, -0.15) is 0 Å². The summed E-state index contributed by atoms with van der Waals surface area (Å²) >= 11 is 0. The summed E-state index contributed by atoms with van der Waals surface area (Å²) in [6.45, 7) is 6.61. The first-order valence-corrected chi connectivity index (χ1v) is 7.46. The van der Waals surface area contributed by atoms with E-state index >= 15 is 0 Å². The van der Waals surface area contributed by atoms with Crippen molar-refractivity contribution in [3.05, 3.63) is 35.4 Å². The fraction of sp³-hybridized carbons (Fsp3) is 0.412. The van der Waals surface area contributed by atoms with Gasteiger partial charge in [-0.15, -0.1) is 0 Å². The van der Waals surface area contributed by atoms with Crippen LogP contribution < -0.4 is 4.74 Å². The van der Waals surface area contributed by atoms with Gasteiger partial charge in [0.1, 0.15) is 17.1 Å². The number of carbonyl (C=O) groups is 2. The van der Waals surface area contributed by atoms with Crippen molar-refractivity contribution in [2.45, 2.75) is 33.2 Å². The van der Waals surface area contributed by atoms with E-state index in [4.69, 9.17) is 4.74 Å². The van der Waals surface area contributed by atoms with Crippen molar-refractivity contribution in [1.82, 2.24) is 4.90 Å². The summed E-state index contributed by atoms with van der Waals surface area (Å²) in [4.78, 5) is 26.1. The van der Waals surface area contributed by atoms with Crippen LogP contribution in [0.1, 0.15) is 32.8 Å². The summed E-state index contributed by atoms with van der Waals surface area (Å²) in [6.07, 6.45) is 0.236. The maximum Gasteiger partial charge on any atom is 0.261 e. The van der Waals surface area contributed by atoms with Crippen LogP contribution in [0.15, 0.2) is 29.8 Å². The molecule has 5 nitrogen and oxygen atoms in total. The van der Waals surface area contributed by atoms with Gasteiger partial charge in [0.2, 0.25) is 0 Å². The number of nitrogens with zero attached hydrogens (tertiary/aromatic N) is 1. The lowest BCUT2D eigenvalue weighted by Gasteiger charge is -2.31. The minimum Gasteiger partial charge on any atom is -0.506 e. The molecule has 1 aliphatic heterocycles. The molecule has 0 aliphatic carbocycles. The summed E-state index contributed by atoms with van der Waals surface area (Å²) in [5.74, 6) is -0.302. The standard InChI is InChI=1S/C17H21NO4/c1-4-22-13-7-5-12(6-8-13)16(20)15-14(19)9-10-18(11(2)3)17(15)21/h5-8,11,20H,4,9-10H2,1-3H3/b16-15-. The predicted molar refractivity (Wildman–Crippen MR) is 83.6 cm³/mol. The van der Waals surface area contributed by atoms with E-state index in [1.165, 1.54) is 0 Å². The third kappa shape index (κ3) is 3.13. The normalized spacial score (nSPS) is 17.9. The molecule has 0 spiro atoms. The van der Waals surface area contributed by atoms with Crippen LogP contribution >= 0.6 is 0 Å². The molecule has 118 valence electrons. The molecule has 0 atom stereocenters. The van der Waals surface area contributed by atoms with Crippen LogP contribution in [0.4, 0.5) is 0 Å². The van der Waals surface area contributed by atoms with E-state index in [9.17, 15) is 14.7 Å². The Bertz CT molecular complexity index is 602. The summed E-state index contributed by atoms with van der Waals surface area (Å²) in [5.41, 5.74) is 0.315. The van der Waals surface area contributed by atoms with E-state index < -0.39 is 5.91 Å². The van der Waals surface area contributed by atoms with Crippen molar-refractivity contribution in [2.24, 2.45) is 0 Å². The average molecular weight is 303 g/mol. The Morgan fingerprint density at radius 2 is 1.91 bits per heavy atom. The molecule has 0 saturated carbocycles. The molecule has 5 heteroatoms. The largest absolute Gasteiger partial charge is 0.506 e. The maximum atomic E-state index is 12.4. The Hall–Kier alpha value is -2.30. The fourth-order valence-corrected chi connectivity index (χ4v) is 2.46. The second-order valence-corrected chi connectivity index (χ2v) is 5.45. The van der Waals surface area contributed by atoms with Gasteiger partial charge in [-0.05, 0) is 45.0 Å². The first kappa shape index (κ1) is 16.1. The Balaban J connectivity index is 2.37. The minimum absolute atomic E-state index is 0.0104. The van der Waals surface area contributed by atoms with E-state index in [0.29, 0.717) is 24.5 Å². The second-order valence-electron chi connectivity index (χ2n) is 5.45. The Morgan fingerprint density at radius 3 is 2.45 bits per heavy atom. The zero-order chi connectivity index (χ0) is 16.3. The SMILES string of the molecule is CCOc1ccc(/C(O)=C2\C(=O)CCN(C(C)C)C2=O)cc1. The summed E-state index contributed by atoms with van der Waals surface area (Å²) in [6, 6.07) is 6.68. The van der Waals surface area contributed by atoms with Crippen molar-refractivity contribution >= 4 is 17.4 Å². The van der Waals surface area contributed by atoms with Gasteiger partial charge in [0, 0.05) is 24.6 Å². The molecule has 1 aliphatic rings. The van der Waals surface area contributed by atoms with E-state index in [1.807, 2.05) is 20.8 Å². The van der Waals surface area contributed by atoms with Crippen LogP contribution in [0.3, 0.4) is 0 Å². The first-order chi connectivity index (χ1) is 10.5. The molecular weight excluding hydrogens is 282 g/mol. The number of Topliss-reactive ketones (excluding diaryl/α,β-unsaturated/α-hetero) is 1. The van der Waals surface area contributed by atoms with Gasteiger partial charge in [0.15, 0.2) is 5.78 Å². The smallest absolute Gasteiger partial charge is 0.261 e. The van der Waals surface area contributed by atoms with Gasteiger partial charge < -0.3 is 14.7 Å². The molecule has 0 radical (unpaired) electrons. The van der Waals surface area contributed by atoms with Crippen LogP contribution in [0.5, 0.6) is 5.75 Å². The summed E-state index contributed by atoms with van der Waals surface area (Å²) in [7, 11) is 0. The zero-order valence-corrected chi connectivity index (χ0v) is 13.1. The Morgan fingerprint density at radius 1 is 1.27 bits per heavy atom. The topological polar surface area (TPSA) is 66.8 Å². The molecular formula is C17H21NO4. The highest BCUT2D eigenvalue weighted by Crippen LogP contribution is 2.25. The van der Waals surface area contributed by atoms with Crippen molar-refractivity contribution in [2.75, 3.05) is 13.2 Å². The molecule has 0 unspecified atom stereocenters. The van der Waals surface area contributed by atoms with E-state index in [1.54, 1.807) is 29.2 Å². The second kappa shape index (κ2) is 6.64. The van der Waals surface area contributed by atoms with Gasteiger partial charge in [-0.3, -0.25) is 9.59 Å². The molecule has 2 rings (SSSR count). The van der Waals surface area contributed by atoms with E-state index in [-0.39, 0.29) is 29.6 Å². The maximum absolute atomic E-state index is 12.4. The molecule has 1 saturated heterocycles. The number of ketones is 1. The van der Waals surface area contributed by atoms with E-state index in [0.717, 1.165) is 0 Å². The quantitative estimate of drug-likeness (QED) is 0.527. The first-order valence-electron chi connectivity index (χ1n) is 7.46. The minimum atomic E-state index is -0.405. The highest BCUT2D eigenvalue weighted by atomic mass is 16.5. The summed E-state index contributed by atoms with van der Waals surface area (Å²) < 4.78 is 5.34. The van der Waals surface area contributed by atoms with Gasteiger partial charge >= 0.3 is 0 Å². The molecule has 1 aromatic rings. The molecule has 1 N–H and O–H groups in total. The lowest BCUT2D eigenvalue weighted by Crippen LogP contribution is -2.45. The number of carbonyl (C=O) groups excluding carboxylic acids is 2. The molecule has 0 bridgehead atoms. The number of likely N-dealkylation sites (tertiary alicyclic amines) is 1. The van der Waals surface area contributed by atoms with Gasteiger partial charge in [-0.25, -0.2) is 0 Å². The monoisotopic (exact) mass is 303 g/mol. The van der Waals surface area contributed by atoms with Gasteiger partial charge in [-0.1, -0.05) is 0 Å². The fourth-order valence-electron chi connectivity index (χ4n) is 2.46. The van der Waals surface area contributed by atoms with E-state index in [2.05, 4.69) is 0 Å². The van der Waals surface area contributed by atoms with Crippen molar-refractivity contribution in [3.8, 4) is 5.75 Å². The molecule has 1 amide bonds. The molecule has 1 heterocycles.